The number of hydrogen-bond donors (Lipinski definition) is 2. The molecule has 8 heteroatoms. The number of anilines is 1. The lowest BCUT2D eigenvalue weighted by molar-refractivity contribution is -0.385. The zero-order valence-electron chi connectivity index (χ0n) is 8.98. The number of aromatic amines is 1. The predicted molar refractivity (Wildman–Crippen MR) is 58.9 cm³/mol. The highest BCUT2D eigenvalue weighted by molar-refractivity contribution is 5.51. The average Bonchev–Trinajstić information content (AvgIpc) is 2.80. The molecule has 1 heterocycles. The van der Waals surface area contributed by atoms with Crippen molar-refractivity contribution >= 4 is 11.4 Å². The Morgan fingerprint density at radius 3 is 2.56 bits per heavy atom. The molecule has 0 atom stereocenters. The zero-order valence-corrected chi connectivity index (χ0v) is 8.98. The van der Waals surface area contributed by atoms with Crippen molar-refractivity contribution in [3.8, 4) is 0 Å². The van der Waals surface area contributed by atoms with Gasteiger partial charge in [0.25, 0.3) is 5.69 Å². The summed E-state index contributed by atoms with van der Waals surface area (Å²) in [6, 6.07) is 1.33. The molecule has 94 valence electrons. The molecule has 0 saturated heterocycles. The van der Waals surface area contributed by atoms with Gasteiger partial charge in [-0.15, -0.1) is 0 Å². The summed E-state index contributed by atoms with van der Waals surface area (Å²) in [7, 11) is 0. The highest BCUT2D eigenvalue weighted by atomic mass is 19.1. The van der Waals surface area contributed by atoms with Crippen LogP contribution < -0.4 is 5.32 Å². The van der Waals surface area contributed by atoms with Gasteiger partial charge in [-0.25, -0.2) is 13.8 Å². The topological polar surface area (TPSA) is 83.8 Å². The largest absolute Gasteiger partial charge is 0.375 e. The van der Waals surface area contributed by atoms with Gasteiger partial charge in [-0.05, 0) is 0 Å². The van der Waals surface area contributed by atoms with Crippen LogP contribution in [-0.2, 0) is 6.54 Å². The highest BCUT2D eigenvalue weighted by Gasteiger charge is 2.16. The lowest BCUT2D eigenvalue weighted by Crippen LogP contribution is -2.05. The van der Waals surface area contributed by atoms with Crippen LogP contribution in [0.4, 0.5) is 20.2 Å². The minimum absolute atomic E-state index is 0.131. The van der Waals surface area contributed by atoms with Crippen molar-refractivity contribution in [2.24, 2.45) is 0 Å². The second-order valence-electron chi connectivity index (χ2n) is 3.47. The third kappa shape index (κ3) is 2.42. The molecule has 0 radical (unpaired) electrons. The third-order valence-corrected chi connectivity index (χ3v) is 2.25. The van der Waals surface area contributed by atoms with E-state index in [0.29, 0.717) is 17.8 Å². The molecular weight excluding hydrogens is 246 g/mol. The predicted octanol–water partition coefficient (Wildman–Crippen LogP) is 2.21. The van der Waals surface area contributed by atoms with Crippen LogP contribution in [0.3, 0.4) is 0 Å². The Morgan fingerprint density at radius 1 is 1.39 bits per heavy atom. The molecule has 0 aliphatic heterocycles. The molecule has 0 aliphatic rings. The van der Waals surface area contributed by atoms with Crippen molar-refractivity contribution in [3.05, 3.63) is 52.1 Å². The van der Waals surface area contributed by atoms with E-state index in [0.717, 1.165) is 0 Å². The summed E-state index contributed by atoms with van der Waals surface area (Å²) < 4.78 is 26.9. The average molecular weight is 254 g/mol. The summed E-state index contributed by atoms with van der Waals surface area (Å²) in [5, 5.41) is 12.9. The summed E-state index contributed by atoms with van der Waals surface area (Å²) >= 11 is 0. The maximum Gasteiger partial charge on any atom is 0.275 e. The molecule has 0 unspecified atom stereocenters. The van der Waals surface area contributed by atoms with Gasteiger partial charge in [-0.1, -0.05) is 0 Å². The third-order valence-electron chi connectivity index (χ3n) is 2.25. The minimum Gasteiger partial charge on any atom is -0.375 e. The summed E-state index contributed by atoms with van der Waals surface area (Å²) in [4.78, 5) is 16.0. The first-order valence-corrected chi connectivity index (χ1v) is 4.92. The van der Waals surface area contributed by atoms with Crippen LogP contribution in [0.25, 0.3) is 0 Å². The van der Waals surface area contributed by atoms with E-state index in [4.69, 9.17) is 0 Å². The monoisotopic (exact) mass is 254 g/mol. The number of hydrogen-bond acceptors (Lipinski definition) is 4. The van der Waals surface area contributed by atoms with Crippen LogP contribution in [0.15, 0.2) is 24.7 Å². The molecule has 1 aromatic heterocycles. The van der Waals surface area contributed by atoms with E-state index in [1.165, 1.54) is 12.5 Å². The van der Waals surface area contributed by atoms with E-state index in [2.05, 4.69) is 15.3 Å². The molecule has 2 N–H and O–H groups in total. The molecule has 6 nitrogen and oxygen atoms in total. The first-order valence-electron chi connectivity index (χ1n) is 4.92. The van der Waals surface area contributed by atoms with E-state index >= 15 is 0 Å². The fourth-order valence-electron chi connectivity index (χ4n) is 1.40. The van der Waals surface area contributed by atoms with Gasteiger partial charge in [0, 0.05) is 6.20 Å². The van der Waals surface area contributed by atoms with E-state index in [1.807, 2.05) is 0 Å². The maximum absolute atomic E-state index is 13.5. The Morgan fingerprint density at radius 2 is 2.06 bits per heavy atom. The van der Waals surface area contributed by atoms with Crippen LogP contribution >= 0.6 is 0 Å². The lowest BCUT2D eigenvalue weighted by Gasteiger charge is -2.07. The number of nitro benzene ring substituents is 1. The smallest absolute Gasteiger partial charge is 0.275 e. The number of nitrogens with zero attached hydrogens (tertiary/aromatic N) is 2. The highest BCUT2D eigenvalue weighted by Crippen LogP contribution is 2.25. The van der Waals surface area contributed by atoms with Crippen molar-refractivity contribution in [2.75, 3.05) is 5.32 Å². The summed E-state index contributed by atoms with van der Waals surface area (Å²) in [5.41, 5.74) is -0.403. The molecule has 0 fully saturated rings. The van der Waals surface area contributed by atoms with Crippen LogP contribution in [0.2, 0.25) is 0 Å². The lowest BCUT2D eigenvalue weighted by atomic mass is 10.2. The first-order chi connectivity index (χ1) is 8.58. The Kier molecular flexibility index (Phi) is 3.18. The van der Waals surface area contributed by atoms with Gasteiger partial charge in [-0.3, -0.25) is 10.1 Å². The molecule has 0 saturated carbocycles. The first kappa shape index (κ1) is 12.0. The van der Waals surface area contributed by atoms with Gasteiger partial charge < -0.3 is 10.3 Å². The van der Waals surface area contributed by atoms with Crippen LogP contribution in [0, 0.1) is 21.7 Å². The summed E-state index contributed by atoms with van der Waals surface area (Å²) in [6.07, 6.45) is 2.92. The van der Waals surface area contributed by atoms with E-state index in [1.54, 1.807) is 0 Å². The fraction of sp³-hybridized carbons (Fsp3) is 0.100. The normalized spacial score (nSPS) is 10.3. The van der Waals surface area contributed by atoms with Crippen molar-refractivity contribution in [1.82, 2.24) is 9.97 Å². The van der Waals surface area contributed by atoms with Crippen molar-refractivity contribution in [2.45, 2.75) is 6.54 Å². The molecule has 2 rings (SSSR count). The van der Waals surface area contributed by atoms with Gasteiger partial charge in [0.1, 0.15) is 5.69 Å². The number of halogens is 2. The van der Waals surface area contributed by atoms with E-state index in [-0.39, 0.29) is 6.54 Å². The number of H-pyrrole nitrogens is 1. The molecule has 0 aliphatic carbocycles. The summed E-state index contributed by atoms with van der Waals surface area (Å²) in [5.74, 6) is -2.03. The number of imidazole rings is 1. The quantitative estimate of drug-likeness (QED) is 0.647. The number of nitrogens with one attached hydrogen (secondary N) is 2. The van der Waals surface area contributed by atoms with Gasteiger partial charge in [-0.2, -0.15) is 0 Å². The van der Waals surface area contributed by atoms with Crippen LogP contribution in [0.1, 0.15) is 5.69 Å². The number of aromatic nitrogens is 2. The Labute approximate surface area is 99.8 Å². The number of nitro groups is 1. The standard InChI is InChI=1S/C10H8F2N4O2/c11-8-1-7(16(17)18)2-9(12)10(8)14-4-6-3-13-5-15-6/h1-3,5,14H,4H2,(H,13,15). The fourth-order valence-corrected chi connectivity index (χ4v) is 1.40. The maximum atomic E-state index is 13.5. The van der Waals surface area contributed by atoms with Gasteiger partial charge in [0.05, 0.1) is 35.6 Å². The molecule has 2 aromatic rings. The number of non-ortho nitro benzene ring substituents is 1. The van der Waals surface area contributed by atoms with Crippen molar-refractivity contribution < 1.29 is 13.7 Å². The Hall–Kier alpha value is -2.51. The number of rotatable bonds is 4. The van der Waals surface area contributed by atoms with Crippen LogP contribution in [-0.4, -0.2) is 14.9 Å². The second-order valence-corrected chi connectivity index (χ2v) is 3.47. The van der Waals surface area contributed by atoms with Crippen LogP contribution in [0.5, 0.6) is 0 Å². The minimum atomic E-state index is -1.01. The number of benzene rings is 1. The van der Waals surface area contributed by atoms with E-state index < -0.39 is 27.9 Å². The van der Waals surface area contributed by atoms with Gasteiger partial charge >= 0.3 is 0 Å². The van der Waals surface area contributed by atoms with Crippen molar-refractivity contribution in [3.63, 3.8) is 0 Å². The Balaban J connectivity index is 2.20. The second kappa shape index (κ2) is 4.78. The molecule has 18 heavy (non-hydrogen) atoms. The molecule has 1 aromatic carbocycles. The van der Waals surface area contributed by atoms with Gasteiger partial charge in [0.2, 0.25) is 0 Å². The summed E-state index contributed by atoms with van der Waals surface area (Å²) in [6.45, 7) is 0.131. The molecule has 0 amide bonds. The molecule has 0 bridgehead atoms. The zero-order chi connectivity index (χ0) is 13.1. The van der Waals surface area contributed by atoms with E-state index in [9.17, 15) is 18.9 Å². The van der Waals surface area contributed by atoms with Gasteiger partial charge in [0.15, 0.2) is 11.6 Å². The van der Waals surface area contributed by atoms with Crippen molar-refractivity contribution in [1.29, 1.82) is 0 Å². The molecule has 0 spiro atoms. The molecular formula is C10H8F2N4O2. The SMILES string of the molecule is O=[N+]([O-])c1cc(F)c(NCc2cnc[nH]2)c(F)c1. The Bertz CT molecular complexity index is 548.